The van der Waals surface area contributed by atoms with Crippen LogP contribution in [0.2, 0.25) is 51.4 Å². The summed E-state index contributed by atoms with van der Waals surface area (Å²) in [7, 11) is -2.52. The Hall–Kier alpha value is -5.78. The number of allylic oxidation sites excluding steroid dienone is 4. The number of hydrogen-bond acceptors (Lipinski definition) is 15. The number of hydrogen-bond donors (Lipinski definition) is 1. The Bertz CT molecular complexity index is 3400. The van der Waals surface area contributed by atoms with Crippen molar-refractivity contribution in [2.75, 3.05) is 26.4 Å². The molecule has 0 amide bonds. The molecule has 0 radical (unpaired) electrons. The molecule has 17 nitrogen and oxygen atoms in total. The van der Waals surface area contributed by atoms with Gasteiger partial charge < -0.3 is 37.9 Å². The molecule has 6 heterocycles. The van der Waals surface area contributed by atoms with Crippen LogP contribution in [0.15, 0.2) is 48.8 Å². The van der Waals surface area contributed by atoms with Crippen LogP contribution in [0.1, 0.15) is 238 Å². The van der Waals surface area contributed by atoms with Crippen LogP contribution in [0.4, 0.5) is 0 Å². The van der Waals surface area contributed by atoms with E-state index in [9.17, 15) is 30.0 Å². The Labute approximate surface area is 551 Å². The Morgan fingerprint density at radius 3 is 1.42 bits per heavy atom. The summed E-state index contributed by atoms with van der Waals surface area (Å²) in [4.78, 5) is 59.8. The van der Waals surface area contributed by atoms with Gasteiger partial charge >= 0.3 is 5.97 Å². The predicted molar refractivity (Wildman–Crippen MR) is 367 cm³/mol. The van der Waals surface area contributed by atoms with Crippen molar-refractivity contribution in [2.45, 2.75) is 272 Å². The highest BCUT2D eigenvalue weighted by Crippen LogP contribution is 2.47. The summed E-state index contributed by atoms with van der Waals surface area (Å²) in [5, 5.41) is 29.2. The van der Waals surface area contributed by atoms with Crippen LogP contribution in [0.3, 0.4) is 0 Å². The van der Waals surface area contributed by atoms with E-state index in [-0.39, 0.29) is 103 Å². The minimum absolute atomic E-state index is 0.0498. The number of imidazole rings is 2. The molecule has 2 saturated heterocycles. The molecular formula is C73H108N8O9Si2. The van der Waals surface area contributed by atoms with Crippen molar-refractivity contribution < 1.29 is 43.2 Å². The Morgan fingerprint density at radius 1 is 0.620 bits per heavy atom. The van der Waals surface area contributed by atoms with E-state index in [0.29, 0.717) is 32.7 Å². The summed E-state index contributed by atoms with van der Waals surface area (Å²) in [5.74, 6) is 0.0767. The Balaban J connectivity index is 0.000000263. The molecule has 2 fully saturated rings. The Morgan fingerprint density at radius 2 is 1.04 bits per heavy atom. The van der Waals surface area contributed by atoms with E-state index >= 15 is 0 Å². The van der Waals surface area contributed by atoms with Gasteiger partial charge in [-0.1, -0.05) is 105 Å². The first-order chi connectivity index (χ1) is 42.9. The van der Waals surface area contributed by atoms with E-state index in [2.05, 4.69) is 136 Å². The van der Waals surface area contributed by atoms with Gasteiger partial charge in [0.15, 0.2) is 23.0 Å². The van der Waals surface area contributed by atoms with E-state index in [1.54, 1.807) is 21.5 Å². The average molecular weight is 1300 g/mol. The lowest BCUT2D eigenvalue weighted by molar-refractivity contribution is -0.187. The van der Waals surface area contributed by atoms with Gasteiger partial charge in [0.1, 0.15) is 25.6 Å². The number of esters is 1. The third-order valence-electron chi connectivity index (χ3n) is 18.3. The number of carbonyl (C=O) groups excluding carboxylic acids is 3. The zero-order valence-electron chi connectivity index (χ0n) is 58.8. The molecule has 8 rings (SSSR count). The van der Waals surface area contributed by atoms with Crippen molar-refractivity contribution in [2.24, 2.45) is 10.8 Å². The summed E-state index contributed by atoms with van der Waals surface area (Å²) < 4.78 is 33.5. The van der Waals surface area contributed by atoms with Crippen LogP contribution in [0.25, 0.3) is 11.1 Å². The number of ketones is 2. The van der Waals surface area contributed by atoms with Gasteiger partial charge in [0.2, 0.25) is 11.6 Å². The highest BCUT2D eigenvalue weighted by molar-refractivity contribution is 6.76. The molecule has 19 heteroatoms. The highest BCUT2D eigenvalue weighted by Gasteiger charge is 2.46. The number of Topliss-reactive ketones (excluding diaryl/α,β-unsaturated/α-hetero) is 2. The number of pyridine rings is 2. The zero-order valence-corrected chi connectivity index (χ0v) is 60.8. The molecule has 4 unspecified atom stereocenters. The number of carbonyl (C=O) groups is 3. The second-order valence-corrected chi connectivity index (χ2v) is 43.6. The maximum atomic E-state index is 13.9. The maximum Gasteiger partial charge on any atom is 0.308 e. The van der Waals surface area contributed by atoms with Gasteiger partial charge in [-0.3, -0.25) is 24.4 Å². The van der Waals surface area contributed by atoms with E-state index < -0.39 is 38.6 Å². The van der Waals surface area contributed by atoms with Crippen molar-refractivity contribution in [3.05, 3.63) is 106 Å². The van der Waals surface area contributed by atoms with Crippen molar-refractivity contribution in [3.8, 4) is 12.1 Å². The van der Waals surface area contributed by atoms with Crippen LogP contribution < -0.4 is 0 Å². The van der Waals surface area contributed by atoms with E-state index in [1.165, 1.54) is 5.57 Å². The van der Waals surface area contributed by atoms with Gasteiger partial charge in [-0.05, 0) is 169 Å². The lowest BCUT2D eigenvalue weighted by atomic mass is 9.76. The number of aliphatic hydroxyl groups excluding tert-OH is 1. The number of nitriles is 2. The molecular weight excluding hydrogens is 1190 g/mol. The van der Waals surface area contributed by atoms with Crippen LogP contribution >= 0.6 is 0 Å². The minimum atomic E-state index is -1.27. The largest absolute Gasteiger partial charge is 0.466 e. The second kappa shape index (κ2) is 30.3. The summed E-state index contributed by atoms with van der Waals surface area (Å²) in [6, 6.07) is 14.3. The topological polar surface area (TPSA) is 227 Å². The third kappa shape index (κ3) is 21.4. The lowest BCUT2D eigenvalue weighted by Gasteiger charge is -2.46. The SMILES string of the molecule is CC1(C)CC=C(c2nc(C3CC(C)(C)OC(C)(CO)C3)ccc2CC(=O)c2nc(C#N)cn2COCC[Si](C)(C)C)CC1.CCCCOC(=O)CC1(C)CC(c2ccc(CC(=O)c3nc(C#N)cn3COCC[Si](C)(C)C)c(C3=CCC(C)(C)CC3)n2)CC(C)(C)O1. The standard InChI is InChI=1S/C39H58N4O5Si.C34H50N4O4Si/c1-10-11-18-47-34(45)24-39(6)23-30(22-38(4,5)48-39)32-13-12-29(35(42-32)28-14-16-37(2,3)17-15-28)21-33(44)36-41-31(25-40)26-43(36)27-46-19-20-49(7,8)9;1-32(2)13-11-24(12-14-32)30-25(9-10-28(37-30)26-18-33(3,4)42-34(5,19-26)22-39)17-29(40)31-36-27(20-35)21-38(31)23-41-15-16-43(6,7)8/h12-14,26,30H,10-11,15-24,27H2,1-9H3;9-11,21,26,39H,12-19,22-23H2,1-8H3. The number of aliphatic hydroxyl groups is 1. The molecule has 4 aromatic rings. The molecule has 4 aromatic heterocycles. The van der Waals surface area contributed by atoms with Crippen LogP contribution in [0.5, 0.6) is 0 Å². The van der Waals surface area contributed by atoms with Crippen LogP contribution in [0, 0.1) is 33.5 Å². The highest BCUT2D eigenvalue weighted by atomic mass is 28.3. The van der Waals surface area contributed by atoms with Gasteiger partial charge in [-0.2, -0.15) is 10.5 Å². The molecule has 0 spiro atoms. The number of aromatic nitrogens is 6. The quantitative estimate of drug-likeness (QED) is 0.0267. The first kappa shape index (κ1) is 73.6. The third-order valence-corrected chi connectivity index (χ3v) is 21.7. The molecule has 0 saturated carbocycles. The maximum absolute atomic E-state index is 13.9. The first-order valence-corrected chi connectivity index (χ1v) is 41.1. The molecule has 4 aliphatic rings. The minimum Gasteiger partial charge on any atom is -0.466 e. The van der Waals surface area contributed by atoms with Crippen LogP contribution in [-0.4, -0.2) is 117 Å². The molecule has 2 aliphatic heterocycles. The van der Waals surface area contributed by atoms with Gasteiger partial charge in [-0.15, -0.1) is 0 Å². The van der Waals surface area contributed by atoms with Gasteiger partial charge in [0.05, 0.1) is 53.4 Å². The van der Waals surface area contributed by atoms with E-state index in [4.69, 9.17) is 33.7 Å². The summed E-state index contributed by atoms with van der Waals surface area (Å²) in [5.41, 5.74) is 6.38. The number of nitrogens with zero attached hydrogens (tertiary/aromatic N) is 8. The van der Waals surface area contributed by atoms with Crippen LogP contribution in [-0.2, 0) is 54.8 Å². The molecule has 502 valence electrons. The van der Waals surface area contributed by atoms with Gasteiger partial charge in [-0.25, -0.2) is 9.97 Å². The van der Waals surface area contributed by atoms with Crippen molar-refractivity contribution in [1.29, 1.82) is 10.5 Å². The Kier molecular flexibility index (Phi) is 24.3. The summed E-state index contributed by atoms with van der Waals surface area (Å²) in [6.07, 6.45) is 18.7. The van der Waals surface area contributed by atoms with Gasteiger partial charge in [0, 0.05) is 77.8 Å². The van der Waals surface area contributed by atoms with Crippen molar-refractivity contribution in [1.82, 2.24) is 29.1 Å². The summed E-state index contributed by atoms with van der Waals surface area (Å²) >= 11 is 0. The molecule has 0 bridgehead atoms. The fraction of sp³-hybridized carbons (Fsp3) is 0.658. The predicted octanol–water partition coefficient (Wildman–Crippen LogP) is 15.6. The second-order valence-electron chi connectivity index (χ2n) is 32.4. The number of ether oxygens (including phenoxy) is 5. The van der Waals surface area contributed by atoms with Crippen molar-refractivity contribution >= 4 is 44.8 Å². The monoisotopic (exact) mass is 1300 g/mol. The first-order valence-electron chi connectivity index (χ1n) is 33.7. The number of rotatable bonds is 26. The molecule has 0 aromatic carbocycles. The van der Waals surface area contributed by atoms with Gasteiger partial charge in [0.25, 0.3) is 0 Å². The fourth-order valence-corrected chi connectivity index (χ4v) is 14.8. The van der Waals surface area contributed by atoms with E-state index in [1.807, 2.05) is 38.1 Å². The lowest BCUT2D eigenvalue weighted by Crippen LogP contribution is -2.48. The molecule has 2 aliphatic carbocycles. The fourth-order valence-electron chi connectivity index (χ4n) is 13.2. The van der Waals surface area contributed by atoms with Crippen molar-refractivity contribution in [3.63, 3.8) is 0 Å². The summed E-state index contributed by atoms with van der Waals surface area (Å²) in [6.45, 7) is 39.2. The average Bonchev–Trinajstić information content (AvgIpc) is 0.964. The molecule has 1 N–H and O–H groups in total. The number of unbranched alkanes of at least 4 members (excludes halogenated alkanes) is 1. The molecule has 4 atom stereocenters. The smallest absolute Gasteiger partial charge is 0.308 e. The molecule has 92 heavy (non-hydrogen) atoms. The normalized spacial score (nSPS) is 22.6. The van der Waals surface area contributed by atoms with E-state index in [0.717, 1.165) is 116 Å². The zero-order chi connectivity index (χ0) is 67.7.